The van der Waals surface area contributed by atoms with Crippen LogP contribution in [0.2, 0.25) is 0 Å². The lowest BCUT2D eigenvalue weighted by Crippen LogP contribution is -2.27. The van der Waals surface area contributed by atoms with Crippen LogP contribution in [0.15, 0.2) is 15.7 Å². The molecule has 14 heavy (non-hydrogen) atoms. The number of carbonyl (C=O) groups excluding carboxylic acids is 1. The van der Waals surface area contributed by atoms with Crippen molar-refractivity contribution in [1.29, 1.82) is 0 Å². The summed E-state index contributed by atoms with van der Waals surface area (Å²) in [7, 11) is -3.39. The maximum atomic E-state index is 11.9. The fourth-order valence-corrected chi connectivity index (χ4v) is 3.89. The van der Waals surface area contributed by atoms with Crippen molar-refractivity contribution in [2.45, 2.75) is 29.7 Å². The topological polar surface area (TPSA) is 51.2 Å². The van der Waals surface area contributed by atoms with Crippen LogP contribution in [0.5, 0.6) is 0 Å². The minimum absolute atomic E-state index is 0.167. The zero-order chi connectivity index (χ0) is 11.0. The number of rotatable bonds is 2. The Morgan fingerprint density at radius 1 is 1.36 bits per heavy atom. The number of hydrogen-bond donors (Lipinski definition) is 0. The van der Waals surface area contributed by atoms with E-state index in [0.29, 0.717) is 6.29 Å². The molecule has 1 aromatic heterocycles. The standard InChI is InChI=1S/C9H12O3S2/c1-9(2,3)14(11,12)8-7(6-10)4-5-13-8/h4-6H,1-3H3. The lowest BCUT2D eigenvalue weighted by molar-refractivity contribution is 0.112. The van der Waals surface area contributed by atoms with Crippen LogP contribution in [-0.4, -0.2) is 19.5 Å². The van der Waals surface area contributed by atoms with Crippen LogP contribution in [-0.2, 0) is 9.84 Å². The van der Waals surface area contributed by atoms with Crippen molar-refractivity contribution in [3.8, 4) is 0 Å². The normalized spacial score (nSPS) is 12.8. The summed E-state index contributed by atoms with van der Waals surface area (Å²) in [5.74, 6) is 0. The predicted octanol–water partition coefficient (Wildman–Crippen LogP) is 2.13. The molecule has 0 atom stereocenters. The van der Waals surface area contributed by atoms with Gasteiger partial charge in [0.05, 0.1) is 4.75 Å². The van der Waals surface area contributed by atoms with Gasteiger partial charge in [0.15, 0.2) is 16.1 Å². The van der Waals surface area contributed by atoms with Crippen LogP contribution in [0.1, 0.15) is 31.1 Å². The fraction of sp³-hybridized carbons (Fsp3) is 0.444. The van der Waals surface area contributed by atoms with E-state index in [1.165, 1.54) is 6.07 Å². The Morgan fingerprint density at radius 3 is 2.36 bits per heavy atom. The Morgan fingerprint density at radius 2 is 1.93 bits per heavy atom. The SMILES string of the molecule is CC(C)(C)S(=O)(=O)c1sccc1C=O. The zero-order valence-corrected chi connectivity index (χ0v) is 9.91. The first kappa shape index (κ1) is 11.4. The predicted molar refractivity (Wildman–Crippen MR) is 56.6 cm³/mol. The molecule has 1 rings (SSSR count). The summed E-state index contributed by atoms with van der Waals surface area (Å²) in [6, 6.07) is 1.52. The second kappa shape index (κ2) is 3.47. The number of thiophene rings is 1. The van der Waals surface area contributed by atoms with E-state index in [1.54, 1.807) is 26.2 Å². The molecule has 0 aromatic carbocycles. The van der Waals surface area contributed by atoms with Gasteiger partial charge in [-0.3, -0.25) is 4.79 Å². The summed E-state index contributed by atoms with van der Waals surface area (Å²) in [5, 5.41) is 1.61. The van der Waals surface area contributed by atoms with Crippen molar-refractivity contribution < 1.29 is 13.2 Å². The first-order valence-electron chi connectivity index (χ1n) is 4.08. The van der Waals surface area contributed by atoms with E-state index in [2.05, 4.69) is 0 Å². The van der Waals surface area contributed by atoms with Gasteiger partial charge in [-0.25, -0.2) is 8.42 Å². The second-order valence-electron chi connectivity index (χ2n) is 3.90. The molecule has 0 amide bonds. The lowest BCUT2D eigenvalue weighted by Gasteiger charge is -2.18. The van der Waals surface area contributed by atoms with Crippen LogP contribution < -0.4 is 0 Å². The third-order valence-corrected chi connectivity index (χ3v) is 5.84. The van der Waals surface area contributed by atoms with Gasteiger partial charge in [0.1, 0.15) is 4.21 Å². The van der Waals surface area contributed by atoms with Crippen LogP contribution in [0.3, 0.4) is 0 Å². The van der Waals surface area contributed by atoms with Crippen LogP contribution >= 0.6 is 11.3 Å². The van der Waals surface area contributed by atoms with Gasteiger partial charge < -0.3 is 0 Å². The third kappa shape index (κ3) is 1.74. The Labute approximate surface area is 87.7 Å². The minimum atomic E-state index is -3.39. The summed E-state index contributed by atoms with van der Waals surface area (Å²) >= 11 is 1.09. The molecule has 0 aliphatic rings. The van der Waals surface area contributed by atoms with Gasteiger partial charge in [-0.15, -0.1) is 11.3 Å². The quantitative estimate of drug-likeness (QED) is 0.734. The highest BCUT2D eigenvalue weighted by atomic mass is 32.2. The Balaban J connectivity index is 3.38. The summed E-state index contributed by atoms with van der Waals surface area (Å²) < 4.78 is 23.2. The molecule has 0 fully saturated rings. The maximum Gasteiger partial charge on any atom is 0.193 e. The summed E-state index contributed by atoms with van der Waals surface area (Å²) in [6.45, 7) is 4.86. The molecule has 0 spiro atoms. The highest BCUT2D eigenvalue weighted by Crippen LogP contribution is 2.30. The molecule has 1 aromatic rings. The maximum absolute atomic E-state index is 11.9. The van der Waals surface area contributed by atoms with E-state index in [9.17, 15) is 13.2 Å². The van der Waals surface area contributed by atoms with Gasteiger partial charge in [0.25, 0.3) is 0 Å². The first-order chi connectivity index (χ1) is 6.30. The van der Waals surface area contributed by atoms with Gasteiger partial charge in [-0.05, 0) is 32.2 Å². The van der Waals surface area contributed by atoms with E-state index >= 15 is 0 Å². The van der Waals surface area contributed by atoms with Crippen LogP contribution in [0, 0.1) is 0 Å². The largest absolute Gasteiger partial charge is 0.298 e. The van der Waals surface area contributed by atoms with Crippen molar-refractivity contribution in [1.82, 2.24) is 0 Å². The molecular weight excluding hydrogens is 220 g/mol. The molecule has 78 valence electrons. The smallest absolute Gasteiger partial charge is 0.193 e. The van der Waals surface area contributed by atoms with Crippen molar-refractivity contribution >= 4 is 27.5 Å². The highest BCUT2D eigenvalue weighted by molar-refractivity contribution is 7.94. The lowest BCUT2D eigenvalue weighted by atomic mass is 10.3. The molecule has 5 heteroatoms. The first-order valence-corrected chi connectivity index (χ1v) is 6.44. The van der Waals surface area contributed by atoms with Crippen molar-refractivity contribution in [3.05, 3.63) is 17.0 Å². The van der Waals surface area contributed by atoms with E-state index in [1.807, 2.05) is 0 Å². The molecule has 3 nitrogen and oxygen atoms in total. The summed E-state index contributed by atoms with van der Waals surface area (Å²) in [5.41, 5.74) is 0.255. The zero-order valence-electron chi connectivity index (χ0n) is 8.27. The average molecular weight is 232 g/mol. The molecule has 1 heterocycles. The van der Waals surface area contributed by atoms with E-state index in [-0.39, 0.29) is 9.77 Å². The van der Waals surface area contributed by atoms with Crippen LogP contribution in [0.25, 0.3) is 0 Å². The molecule has 0 bridgehead atoms. The fourth-order valence-electron chi connectivity index (χ4n) is 0.889. The third-order valence-electron chi connectivity index (χ3n) is 1.84. The van der Waals surface area contributed by atoms with Gasteiger partial charge in [-0.1, -0.05) is 0 Å². The van der Waals surface area contributed by atoms with E-state index in [0.717, 1.165) is 11.3 Å². The molecule has 0 radical (unpaired) electrons. The minimum Gasteiger partial charge on any atom is -0.298 e. The number of sulfone groups is 1. The van der Waals surface area contributed by atoms with Crippen molar-refractivity contribution in [3.63, 3.8) is 0 Å². The monoisotopic (exact) mass is 232 g/mol. The van der Waals surface area contributed by atoms with Crippen molar-refractivity contribution in [2.24, 2.45) is 0 Å². The van der Waals surface area contributed by atoms with Gasteiger partial charge in [0, 0.05) is 5.56 Å². The van der Waals surface area contributed by atoms with E-state index in [4.69, 9.17) is 0 Å². The molecule has 0 aliphatic carbocycles. The Hall–Kier alpha value is -0.680. The highest BCUT2D eigenvalue weighted by Gasteiger charge is 2.33. The number of aldehydes is 1. The molecular formula is C9H12O3S2. The summed E-state index contributed by atoms with van der Waals surface area (Å²) in [6.07, 6.45) is 0.578. The number of carbonyl (C=O) groups is 1. The van der Waals surface area contributed by atoms with Gasteiger partial charge in [-0.2, -0.15) is 0 Å². The molecule has 0 aliphatic heterocycles. The summed E-state index contributed by atoms with van der Waals surface area (Å²) in [4.78, 5) is 10.6. The number of hydrogen-bond acceptors (Lipinski definition) is 4. The Kier molecular flexibility index (Phi) is 2.83. The molecule has 0 N–H and O–H groups in total. The van der Waals surface area contributed by atoms with Gasteiger partial charge >= 0.3 is 0 Å². The molecule has 0 unspecified atom stereocenters. The van der Waals surface area contributed by atoms with Crippen LogP contribution in [0.4, 0.5) is 0 Å². The average Bonchev–Trinajstić information content (AvgIpc) is 2.49. The second-order valence-corrected chi connectivity index (χ2v) is 7.71. The molecule has 0 saturated heterocycles. The van der Waals surface area contributed by atoms with Gasteiger partial charge in [0.2, 0.25) is 0 Å². The Bertz CT molecular complexity index is 435. The van der Waals surface area contributed by atoms with E-state index < -0.39 is 14.6 Å². The molecule has 0 saturated carbocycles. The van der Waals surface area contributed by atoms with Crippen molar-refractivity contribution in [2.75, 3.05) is 0 Å².